The van der Waals surface area contributed by atoms with E-state index in [9.17, 15) is 0 Å². The first-order valence-electron chi connectivity index (χ1n) is 9.05. The van der Waals surface area contributed by atoms with Crippen LogP contribution >= 0.6 is 23.2 Å². The number of halogens is 2. The normalized spacial score (nSPS) is 14.3. The van der Waals surface area contributed by atoms with Crippen molar-refractivity contribution in [2.45, 2.75) is 103 Å². The van der Waals surface area contributed by atoms with E-state index in [1.54, 1.807) is 0 Å². The van der Waals surface area contributed by atoms with Gasteiger partial charge in [0, 0.05) is 11.8 Å². The molecule has 0 aromatic rings. The first kappa shape index (κ1) is 21.5. The Balaban J connectivity index is 3.73. The smallest absolute Gasteiger partial charge is 0.0714 e. The molecule has 0 aliphatic carbocycles. The largest absolute Gasteiger partial charge is 0.373 e. The number of hydrogen-bond acceptors (Lipinski definition) is 1. The predicted octanol–water partition coefficient (Wildman–Crippen LogP) is 6.94. The molecule has 0 aromatic heterocycles. The molecule has 0 bridgehead atoms. The summed E-state index contributed by atoms with van der Waals surface area (Å²) in [6, 6.07) is 0. The summed E-state index contributed by atoms with van der Waals surface area (Å²) in [7, 11) is 0. The summed E-state index contributed by atoms with van der Waals surface area (Å²) < 4.78 is 6.10. The van der Waals surface area contributed by atoms with Gasteiger partial charge in [-0.1, -0.05) is 78.1 Å². The summed E-state index contributed by atoms with van der Waals surface area (Å²) in [5.41, 5.74) is 0. The molecule has 0 spiro atoms. The monoisotopic (exact) mass is 338 g/mol. The molecule has 0 saturated heterocycles. The SMILES string of the molecule is CCCCCCCC(CCl)OC(CCl)CCCCCCC. The van der Waals surface area contributed by atoms with Crippen molar-refractivity contribution in [2.24, 2.45) is 0 Å². The molecule has 0 radical (unpaired) electrons. The topological polar surface area (TPSA) is 9.23 Å². The van der Waals surface area contributed by atoms with Gasteiger partial charge < -0.3 is 4.74 Å². The van der Waals surface area contributed by atoms with Crippen molar-refractivity contribution < 1.29 is 4.74 Å². The Kier molecular flexibility index (Phi) is 17.3. The average molecular weight is 339 g/mol. The average Bonchev–Trinajstić information content (AvgIpc) is 2.51. The fourth-order valence-corrected chi connectivity index (χ4v) is 3.04. The summed E-state index contributed by atoms with van der Waals surface area (Å²) in [5, 5.41) is 0. The molecule has 0 N–H and O–H groups in total. The maximum absolute atomic E-state index is 6.10. The number of rotatable bonds is 16. The molecular weight excluding hydrogens is 303 g/mol. The van der Waals surface area contributed by atoms with Crippen LogP contribution in [0.15, 0.2) is 0 Å². The number of hydrogen-bond donors (Lipinski definition) is 0. The van der Waals surface area contributed by atoms with Crippen LogP contribution in [0.2, 0.25) is 0 Å². The van der Waals surface area contributed by atoms with Crippen molar-refractivity contribution in [3.8, 4) is 0 Å². The molecule has 0 aliphatic rings. The van der Waals surface area contributed by atoms with E-state index in [-0.39, 0.29) is 12.2 Å². The Bertz CT molecular complexity index is 180. The van der Waals surface area contributed by atoms with Crippen LogP contribution in [0, 0.1) is 0 Å². The summed E-state index contributed by atoms with van der Waals surface area (Å²) in [6.45, 7) is 4.49. The Morgan fingerprint density at radius 3 is 1.33 bits per heavy atom. The Hall–Kier alpha value is 0.540. The lowest BCUT2D eigenvalue weighted by Gasteiger charge is -2.22. The van der Waals surface area contributed by atoms with Crippen LogP contribution in [0.5, 0.6) is 0 Å². The van der Waals surface area contributed by atoms with Crippen LogP contribution in [-0.4, -0.2) is 24.0 Å². The zero-order chi connectivity index (χ0) is 15.8. The third-order valence-corrected chi connectivity index (χ3v) is 4.68. The minimum Gasteiger partial charge on any atom is -0.373 e. The van der Waals surface area contributed by atoms with Crippen LogP contribution in [0.3, 0.4) is 0 Å². The summed E-state index contributed by atoms with van der Waals surface area (Å²) in [4.78, 5) is 0. The second-order valence-corrected chi connectivity index (χ2v) is 6.71. The molecule has 128 valence electrons. The molecule has 0 aliphatic heterocycles. The van der Waals surface area contributed by atoms with Gasteiger partial charge in [0.05, 0.1) is 12.2 Å². The van der Waals surface area contributed by atoms with Gasteiger partial charge in [0.1, 0.15) is 0 Å². The number of alkyl halides is 2. The van der Waals surface area contributed by atoms with E-state index in [4.69, 9.17) is 27.9 Å². The Morgan fingerprint density at radius 2 is 1.00 bits per heavy atom. The van der Waals surface area contributed by atoms with Gasteiger partial charge in [0.25, 0.3) is 0 Å². The minimum absolute atomic E-state index is 0.188. The van der Waals surface area contributed by atoms with E-state index in [1.165, 1.54) is 64.2 Å². The lowest BCUT2D eigenvalue weighted by atomic mass is 10.1. The molecule has 2 unspecified atom stereocenters. The molecule has 1 nitrogen and oxygen atoms in total. The van der Waals surface area contributed by atoms with E-state index in [0.717, 1.165) is 12.8 Å². The van der Waals surface area contributed by atoms with E-state index >= 15 is 0 Å². The molecule has 0 fully saturated rings. The molecule has 0 rings (SSSR count). The van der Waals surface area contributed by atoms with Gasteiger partial charge in [-0.15, -0.1) is 23.2 Å². The second kappa shape index (κ2) is 16.9. The molecule has 3 heteroatoms. The zero-order valence-corrected chi connectivity index (χ0v) is 15.7. The van der Waals surface area contributed by atoms with Crippen LogP contribution in [0.25, 0.3) is 0 Å². The maximum atomic E-state index is 6.10. The molecule has 0 saturated carbocycles. The highest BCUT2D eigenvalue weighted by Gasteiger charge is 2.15. The van der Waals surface area contributed by atoms with Gasteiger partial charge in [0.15, 0.2) is 0 Å². The van der Waals surface area contributed by atoms with Gasteiger partial charge in [-0.2, -0.15) is 0 Å². The first-order valence-corrected chi connectivity index (χ1v) is 10.1. The third-order valence-electron chi connectivity index (χ3n) is 3.99. The lowest BCUT2D eigenvalue weighted by molar-refractivity contribution is 0.00149. The van der Waals surface area contributed by atoms with E-state index in [2.05, 4.69) is 13.8 Å². The highest BCUT2D eigenvalue weighted by atomic mass is 35.5. The van der Waals surface area contributed by atoms with E-state index in [1.807, 2.05) is 0 Å². The highest BCUT2D eigenvalue weighted by molar-refractivity contribution is 6.18. The molecule has 0 amide bonds. The van der Waals surface area contributed by atoms with Crippen molar-refractivity contribution in [1.29, 1.82) is 0 Å². The maximum Gasteiger partial charge on any atom is 0.0714 e. The highest BCUT2D eigenvalue weighted by Crippen LogP contribution is 2.17. The molecular formula is C18H36Cl2O. The molecule has 0 heterocycles. The van der Waals surface area contributed by atoms with Crippen LogP contribution < -0.4 is 0 Å². The number of unbranched alkanes of at least 4 members (excludes halogenated alkanes) is 8. The van der Waals surface area contributed by atoms with Crippen LogP contribution in [0.4, 0.5) is 0 Å². The Labute approximate surface area is 143 Å². The standard InChI is InChI=1S/C18H36Cl2O/c1-3-5-7-9-11-13-17(15-19)21-18(16-20)14-12-10-8-6-4-2/h17-18H,3-16H2,1-2H3. The van der Waals surface area contributed by atoms with Crippen LogP contribution in [0.1, 0.15) is 90.9 Å². The fraction of sp³-hybridized carbons (Fsp3) is 1.00. The molecule has 2 atom stereocenters. The number of ether oxygens (including phenoxy) is 1. The quantitative estimate of drug-likeness (QED) is 0.219. The van der Waals surface area contributed by atoms with Gasteiger partial charge >= 0.3 is 0 Å². The summed E-state index contributed by atoms with van der Waals surface area (Å²) in [6.07, 6.45) is 15.5. The summed E-state index contributed by atoms with van der Waals surface area (Å²) >= 11 is 12.1. The van der Waals surface area contributed by atoms with Crippen molar-refractivity contribution in [3.63, 3.8) is 0 Å². The fourth-order valence-electron chi connectivity index (χ4n) is 2.59. The van der Waals surface area contributed by atoms with Crippen molar-refractivity contribution in [1.82, 2.24) is 0 Å². The first-order chi connectivity index (χ1) is 10.3. The second-order valence-electron chi connectivity index (χ2n) is 6.09. The Morgan fingerprint density at radius 1 is 0.619 bits per heavy atom. The van der Waals surface area contributed by atoms with Gasteiger partial charge in [0.2, 0.25) is 0 Å². The van der Waals surface area contributed by atoms with Gasteiger partial charge in [-0.25, -0.2) is 0 Å². The van der Waals surface area contributed by atoms with Crippen molar-refractivity contribution in [2.75, 3.05) is 11.8 Å². The van der Waals surface area contributed by atoms with Crippen molar-refractivity contribution >= 4 is 23.2 Å². The summed E-state index contributed by atoms with van der Waals surface area (Å²) in [5.74, 6) is 1.19. The van der Waals surface area contributed by atoms with Gasteiger partial charge in [-0.3, -0.25) is 0 Å². The van der Waals surface area contributed by atoms with E-state index < -0.39 is 0 Å². The molecule has 21 heavy (non-hydrogen) atoms. The minimum atomic E-state index is 0.188. The predicted molar refractivity (Wildman–Crippen MR) is 96.9 cm³/mol. The van der Waals surface area contributed by atoms with Gasteiger partial charge in [-0.05, 0) is 12.8 Å². The third kappa shape index (κ3) is 13.9. The van der Waals surface area contributed by atoms with E-state index in [0.29, 0.717) is 11.8 Å². The van der Waals surface area contributed by atoms with Crippen molar-refractivity contribution in [3.05, 3.63) is 0 Å². The van der Waals surface area contributed by atoms with Crippen LogP contribution in [-0.2, 0) is 4.74 Å². The zero-order valence-electron chi connectivity index (χ0n) is 14.2. The molecule has 0 aromatic carbocycles. The lowest BCUT2D eigenvalue weighted by Crippen LogP contribution is -2.25.